The maximum absolute atomic E-state index is 12.2. The molecule has 122 valence electrons. The SMILES string of the molecule is Cc1ccc(C)c(NC(=O)[C@H](C)OC(=O)c2sc(C)nc2C)c1. The second kappa shape index (κ2) is 6.91. The van der Waals surface area contributed by atoms with Crippen LogP contribution in [0.2, 0.25) is 0 Å². The topological polar surface area (TPSA) is 68.3 Å². The standard InChI is InChI=1S/C17H20N2O3S/c1-9-6-7-10(2)14(8-9)19-16(20)12(4)22-17(21)15-11(3)18-13(5)23-15/h6-8,12H,1-5H3,(H,19,20)/t12-/m0/s1. The van der Waals surface area contributed by atoms with E-state index in [-0.39, 0.29) is 5.91 Å². The zero-order valence-electron chi connectivity index (χ0n) is 13.9. The molecule has 23 heavy (non-hydrogen) atoms. The molecule has 0 aliphatic rings. The molecule has 0 aliphatic carbocycles. The molecule has 5 nitrogen and oxygen atoms in total. The zero-order valence-corrected chi connectivity index (χ0v) is 14.7. The molecule has 1 N–H and O–H groups in total. The maximum Gasteiger partial charge on any atom is 0.351 e. The molecule has 0 aliphatic heterocycles. The Hall–Kier alpha value is -2.21. The van der Waals surface area contributed by atoms with Crippen LogP contribution in [0.25, 0.3) is 0 Å². The van der Waals surface area contributed by atoms with Crippen molar-refractivity contribution in [3.05, 3.63) is 44.9 Å². The first kappa shape index (κ1) is 17.1. The summed E-state index contributed by atoms with van der Waals surface area (Å²) in [5, 5.41) is 3.59. The molecule has 0 saturated carbocycles. The van der Waals surface area contributed by atoms with E-state index in [1.54, 1.807) is 13.8 Å². The summed E-state index contributed by atoms with van der Waals surface area (Å²) in [4.78, 5) is 29.0. The molecular formula is C17H20N2O3S. The minimum absolute atomic E-state index is 0.356. The number of amides is 1. The highest BCUT2D eigenvalue weighted by atomic mass is 32.1. The van der Waals surface area contributed by atoms with Gasteiger partial charge < -0.3 is 10.1 Å². The van der Waals surface area contributed by atoms with Crippen LogP contribution in [0.15, 0.2) is 18.2 Å². The van der Waals surface area contributed by atoms with Crippen LogP contribution in [0.5, 0.6) is 0 Å². The number of rotatable bonds is 4. The highest BCUT2D eigenvalue weighted by Crippen LogP contribution is 2.20. The summed E-state index contributed by atoms with van der Waals surface area (Å²) >= 11 is 1.27. The first-order valence-corrected chi connectivity index (χ1v) is 8.12. The van der Waals surface area contributed by atoms with Crippen molar-refractivity contribution < 1.29 is 14.3 Å². The van der Waals surface area contributed by atoms with Crippen LogP contribution in [0.3, 0.4) is 0 Å². The quantitative estimate of drug-likeness (QED) is 0.869. The van der Waals surface area contributed by atoms with E-state index >= 15 is 0 Å². The van der Waals surface area contributed by atoms with Gasteiger partial charge in [-0.05, 0) is 51.8 Å². The Morgan fingerprint density at radius 1 is 1.22 bits per heavy atom. The number of carbonyl (C=O) groups excluding carboxylic acids is 2. The number of hydrogen-bond donors (Lipinski definition) is 1. The fourth-order valence-corrected chi connectivity index (χ4v) is 2.90. The van der Waals surface area contributed by atoms with Gasteiger partial charge in [0, 0.05) is 5.69 Å². The molecule has 0 fully saturated rings. The Balaban J connectivity index is 2.04. The van der Waals surface area contributed by atoms with Gasteiger partial charge in [0.05, 0.1) is 10.7 Å². The third kappa shape index (κ3) is 4.16. The van der Waals surface area contributed by atoms with Crippen molar-refractivity contribution >= 4 is 28.9 Å². The number of ether oxygens (including phenoxy) is 1. The molecule has 2 rings (SSSR count). The molecule has 1 atom stereocenters. The smallest absolute Gasteiger partial charge is 0.351 e. The largest absolute Gasteiger partial charge is 0.448 e. The molecular weight excluding hydrogens is 312 g/mol. The molecule has 0 bridgehead atoms. The highest BCUT2D eigenvalue weighted by molar-refractivity contribution is 7.13. The van der Waals surface area contributed by atoms with Crippen LogP contribution in [-0.2, 0) is 9.53 Å². The van der Waals surface area contributed by atoms with E-state index < -0.39 is 12.1 Å². The van der Waals surface area contributed by atoms with Gasteiger partial charge in [0.1, 0.15) is 4.88 Å². The fourth-order valence-electron chi connectivity index (χ4n) is 2.09. The van der Waals surface area contributed by atoms with E-state index in [0.717, 1.165) is 21.8 Å². The van der Waals surface area contributed by atoms with Crippen molar-refractivity contribution in [3.63, 3.8) is 0 Å². The number of nitrogens with zero attached hydrogens (tertiary/aromatic N) is 1. The second-order valence-electron chi connectivity index (χ2n) is 5.50. The van der Waals surface area contributed by atoms with Gasteiger partial charge in [-0.1, -0.05) is 12.1 Å². The third-order valence-corrected chi connectivity index (χ3v) is 4.45. The monoisotopic (exact) mass is 332 g/mol. The predicted octanol–water partition coefficient (Wildman–Crippen LogP) is 3.56. The van der Waals surface area contributed by atoms with Crippen LogP contribution in [0.4, 0.5) is 5.69 Å². The predicted molar refractivity (Wildman–Crippen MR) is 91.0 cm³/mol. The summed E-state index contributed by atoms with van der Waals surface area (Å²) in [6.45, 7) is 9.00. The number of aromatic nitrogens is 1. The normalized spacial score (nSPS) is 11.9. The average molecular weight is 332 g/mol. The summed E-state index contributed by atoms with van der Waals surface area (Å²) in [5.41, 5.74) is 3.35. The average Bonchev–Trinajstić information content (AvgIpc) is 2.81. The van der Waals surface area contributed by atoms with Gasteiger partial charge in [0.2, 0.25) is 0 Å². The zero-order chi connectivity index (χ0) is 17.1. The van der Waals surface area contributed by atoms with E-state index in [9.17, 15) is 9.59 Å². The lowest BCUT2D eigenvalue weighted by Gasteiger charge is -2.14. The molecule has 0 unspecified atom stereocenters. The van der Waals surface area contributed by atoms with Gasteiger partial charge in [-0.3, -0.25) is 4.79 Å². The molecule has 6 heteroatoms. The summed E-state index contributed by atoms with van der Waals surface area (Å²) in [6, 6.07) is 5.80. The van der Waals surface area contributed by atoms with Crippen LogP contribution in [0, 0.1) is 27.7 Å². The number of nitrogens with one attached hydrogen (secondary N) is 1. The number of aryl methyl sites for hydroxylation is 4. The van der Waals surface area contributed by atoms with E-state index in [4.69, 9.17) is 4.74 Å². The second-order valence-corrected chi connectivity index (χ2v) is 6.71. The van der Waals surface area contributed by atoms with Crippen LogP contribution in [-0.4, -0.2) is 23.0 Å². The number of benzene rings is 1. The van der Waals surface area contributed by atoms with Crippen molar-refractivity contribution in [2.75, 3.05) is 5.32 Å². The number of hydrogen-bond acceptors (Lipinski definition) is 5. The van der Waals surface area contributed by atoms with Crippen LogP contribution in [0.1, 0.15) is 38.4 Å². The van der Waals surface area contributed by atoms with Gasteiger partial charge in [0.25, 0.3) is 5.91 Å². The van der Waals surface area contributed by atoms with Crippen molar-refractivity contribution in [2.24, 2.45) is 0 Å². The first-order chi connectivity index (χ1) is 10.8. The molecule has 1 aromatic carbocycles. The molecule has 1 aromatic heterocycles. The van der Waals surface area contributed by atoms with Crippen molar-refractivity contribution in [3.8, 4) is 0 Å². The Kier molecular flexibility index (Phi) is 5.15. The Morgan fingerprint density at radius 2 is 1.91 bits per heavy atom. The van der Waals surface area contributed by atoms with Gasteiger partial charge in [-0.25, -0.2) is 9.78 Å². The van der Waals surface area contributed by atoms with Crippen LogP contribution < -0.4 is 5.32 Å². The Bertz CT molecular complexity index is 752. The first-order valence-electron chi connectivity index (χ1n) is 7.31. The maximum atomic E-state index is 12.2. The number of carbonyl (C=O) groups is 2. The third-order valence-electron chi connectivity index (χ3n) is 3.39. The summed E-state index contributed by atoms with van der Waals surface area (Å²) < 4.78 is 5.25. The number of esters is 1. The minimum Gasteiger partial charge on any atom is -0.448 e. The van der Waals surface area contributed by atoms with Crippen molar-refractivity contribution in [1.29, 1.82) is 0 Å². The lowest BCUT2D eigenvalue weighted by Crippen LogP contribution is -2.30. The van der Waals surface area contributed by atoms with Gasteiger partial charge in [-0.2, -0.15) is 0 Å². The molecule has 0 spiro atoms. The number of thiazole rings is 1. The van der Waals surface area contributed by atoms with Crippen molar-refractivity contribution in [2.45, 2.75) is 40.7 Å². The number of anilines is 1. The molecule has 0 radical (unpaired) electrons. The summed E-state index contributed by atoms with van der Waals surface area (Å²) in [7, 11) is 0. The summed E-state index contributed by atoms with van der Waals surface area (Å²) in [5.74, 6) is -0.873. The fraction of sp³-hybridized carbons (Fsp3) is 0.353. The lowest BCUT2D eigenvalue weighted by atomic mass is 10.1. The summed E-state index contributed by atoms with van der Waals surface area (Å²) in [6.07, 6.45) is -0.885. The van der Waals surface area contributed by atoms with E-state index in [2.05, 4.69) is 10.3 Å². The molecule has 0 saturated heterocycles. The van der Waals surface area contributed by atoms with Gasteiger partial charge in [-0.15, -0.1) is 11.3 Å². The van der Waals surface area contributed by atoms with E-state index in [1.807, 2.05) is 39.0 Å². The molecule has 2 aromatic rings. The van der Waals surface area contributed by atoms with Crippen molar-refractivity contribution in [1.82, 2.24) is 4.98 Å². The Labute approximate surface area is 139 Å². The van der Waals surface area contributed by atoms with Gasteiger partial charge >= 0.3 is 5.97 Å². The lowest BCUT2D eigenvalue weighted by molar-refractivity contribution is -0.123. The van der Waals surface area contributed by atoms with Crippen LogP contribution >= 0.6 is 11.3 Å². The van der Waals surface area contributed by atoms with E-state index in [1.165, 1.54) is 11.3 Å². The molecule has 1 heterocycles. The minimum atomic E-state index is -0.885. The Morgan fingerprint density at radius 3 is 2.52 bits per heavy atom. The van der Waals surface area contributed by atoms with Gasteiger partial charge in [0.15, 0.2) is 6.10 Å². The highest BCUT2D eigenvalue weighted by Gasteiger charge is 2.22. The molecule has 1 amide bonds. The van der Waals surface area contributed by atoms with E-state index in [0.29, 0.717) is 10.6 Å².